The van der Waals surface area contributed by atoms with Crippen LogP contribution in [-0.4, -0.2) is 12.8 Å². The van der Waals surface area contributed by atoms with Gasteiger partial charge in [0.25, 0.3) is 0 Å². The largest absolute Gasteiger partial charge is 0.485 e. The normalized spacial score (nSPS) is 12.1. The van der Waals surface area contributed by atoms with Gasteiger partial charge in [-0.25, -0.2) is 0 Å². The fourth-order valence-electron chi connectivity index (χ4n) is 2.27. The molecule has 0 N–H and O–H groups in total. The molecule has 0 aliphatic rings. The van der Waals surface area contributed by atoms with Gasteiger partial charge in [0.15, 0.2) is 5.71 Å². The number of hydrogen-bond acceptors (Lipinski definition) is 4. The third kappa shape index (κ3) is 4.21. The summed E-state index contributed by atoms with van der Waals surface area (Å²) in [5.74, 6) is 0.761. The van der Waals surface area contributed by atoms with Crippen molar-refractivity contribution < 1.29 is 9.57 Å². The second-order valence-electron chi connectivity index (χ2n) is 4.77. The molecule has 0 radical (unpaired) electrons. The molecule has 4 nitrogen and oxygen atoms in total. The van der Waals surface area contributed by atoms with Crippen molar-refractivity contribution in [2.45, 2.75) is 12.5 Å². The Hall–Kier alpha value is -3.06. The first-order valence-electron chi connectivity index (χ1n) is 7.23. The number of oxime groups is 1. The summed E-state index contributed by atoms with van der Waals surface area (Å²) >= 11 is 0. The van der Waals surface area contributed by atoms with Gasteiger partial charge < -0.3 is 9.57 Å². The van der Waals surface area contributed by atoms with Crippen molar-refractivity contribution >= 4 is 5.71 Å². The van der Waals surface area contributed by atoms with Crippen LogP contribution < -0.4 is 4.74 Å². The first kappa shape index (κ1) is 16.3. The molecule has 1 unspecified atom stereocenters. The third-order valence-corrected chi connectivity index (χ3v) is 3.25. The number of ether oxygens (including phenoxy) is 1. The van der Waals surface area contributed by atoms with Gasteiger partial charge in [-0.15, -0.1) is 6.58 Å². The monoisotopic (exact) mass is 306 g/mol. The topological polar surface area (TPSA) is 54.6 Å². The van der Waals surface area contributed by atoms with Crippen LogP contribution in [0.15, 0.2) is 72.4 Å². The molecule has 2 aromatic carbocycles. The van der Waals surface area contributed by atoms with Crippen molar-refractivity contribution in [3.63, 3.8) is 0 Å². The predicted molar refractivity (Wildman–Crippen MR) is 90.2 cm³/mol. The second-order valence-corrected chi connectivity index (χ2v) is 4.77. The van der Waals surface area contributed by atoms with E-state index >= 15 is 0 Å². The molecule has 0 aliphatic heterocycles. The van der Waals surface area contributed by atoms with E-state index in [1.54, 1.807) is 6.08 Å². The maximum absolute atomic E-state index is 9.31. The van der Waals surface area contributed by atoms with Gasteiger partial charge in [-0.3, -0.25) is 0 Å². The Kier molecular flexibility index (Phi) is 5.96. The maximum Gasteiger partial charge on any atom is 0.187 e. The molecule has 0 saturated heterocycles. The predicted octanol–water partition coefficient (Wildman–Crippen LogP) is 4.26. The van der Waals surface area contributed by atoms with Crippen LogP contribution in [0.2, 0.25) is 0 Å². The number of nitrogens with zero attached hydrogens (tertiary/aromatic N) is 2. The summed E-state index contributed by atoms with van der Waals surface area (Å²) in [7, 11) is 1.42. The van der Waals surface area contributed by atoms with Crippen LogP contribution in [0.25, 0.3) is 0 Å². The third-order valence-electron chi connectivity index (χ3n) is 3.25. The van der Waals surface area contributed by atoms with Crippen LogP contribution in [0.5, 0.6) is 5.75 Å². The van der Waals surface area contributed by atoms with E-state index in [-0.39, 0.29) is 11.8 Å². The van der Waals surface area contributed by atoms with Crippen molar-refractivity contribution in [2.24, 2.45) is 5.16 Å². The van der Waals surface area contributed by atoms with Crippen LogP contribution in [0.4, 0.5) is 0 Å². The minimum atomic E-state index is -0.262. The average molecular weight is 306 g/mol. The van der Waals surface area contributed by atoms with Crippen molar-refractivity contribution in [2.75, 3.05) is 7.11 Å². The smallest absolute Gasteiger partial charge is 0.187 e. The van der Waals surface area contributed by atoms with Crippen molar-refractivity contribution in [3.05, 3.63) is 78.4 Å². The van der Waals surface area contributed by atoms with Gasteiger partial charge in [-0.2, -0.15) is 5.26 Å². The number of para-hydroxylation sites is 1. The fourth-order valence-corrected chi connectivity index (χ4v) is 2.27. The zero-order valence-electron chi connectivity index (χ0n) is 13.0. The van der Waals surface area contributed by atoms with Crippen molar-refractivity contribution in [1.82, 2.24) is 0 Å². The Morgan fingerprint density at radius 1 is 1.22 bits per heavy atom. The molecule has 0 amide bonds. The fraction of sp³-hybridized carbons (Fsp3) is 0.158. The molecule has 0 saturated carbocycles. The number of benzene rings is 2. The Morgan fingerprint density at radius 3 is 2.57 bits per heavy atom. The van der Waals surface area contributed by atoms with Crippen LogP contribution in [-0.2, 0) is 4.84 Å². The molecule has 2 aromatic rings. The molecule has 116 valence electrons. The summed E-state index contributed by atoms with van der Waals surface area (Å²) in [5.41, 5.74) is 1.78. The van der Waals surface area contributed by atoms with Gasteiger partial charge in [0.2, 0.25) is 0 Å². The molecule has 0 aromatic heterocycles. The summed E-state index contributed by atoms with van der Waals surface area (Å²) in [6.45, 7) is 3.80. The molecule has 2 rings (SSSR count). The lowest BCUT2D eigenvalue weighted by Gasteiger charge is -2.20. The van der Waals surface area contributed by atoms with Crippen LogP contribution >= 0.6 is 0 Å². The van der Waals surface area contributed by atoms with E-state index in [1.807, 2.05) is 54.6 Å². The number of nitriles is 1. The van der Waals surface area contributed by atoms with Crippen molar-refractivity contribution in [3.8, 4) is 11.8 Å². The van der Waals surface area contributed by atoms with E-state index in [0.717, 1.165) is 11.3 Å². The molecule has 0 bridgehead atoms. The van der Waals surface area contributed by atoms with Gasteiger partial charge >= 0.3 is 0 Å². The molecule has 0 aliphatic carbocycles. The van der Waals surface area contributed by atoms with Crippen LogP contribution in [0, 0.1) is 11.3 Å². The molecule has 0 spiro atoms. The first-order valence-corrected chi connectivity index (χ1v) is 7.23. The average Bonchev–Trinajstić information content (AvgIpc) is 2.60. The van der Waals surface area contributed by atoms with Gasteiger partial charge in [-0.05, 0) is 12.1 Å². The van der Waals surface area contributed by atoms with Gasteiger partial charge in [0.05, 0.1) is 0 Å². The molecular formula is C19H18N2O2. The number of rotatable bonds is 7. The van der Waals surface area contributed by atoms with Crippen LogP contribution in [0.3, 0.4) is 0 Å². The summed E-state index contributed by atoms with van der Waals surface area (Å²) in [6.07, 6.45) is 2.14. The zero-order chi connectivity index (χ0) is 16.5. The zero-order valence-corrected chi connectivity index (χ0v) is 13.0. The van der Waals surface area contributed by atoms with Gasteiger partial charge in [0.1, 0.15) is 25.0 Å². The highest BCUT2D eigenvalue weighted by Crippen LogP contribution is 2.28. The van der Waals surface area contributed by atoms with Crippen LogP contribution in [0.1, 0.15) is 23.7 Å². The number of hydrogen-bond donors (Lipinski definition) is 0. The minimum Gasteiger partial charge on any atom is -0.485 e. The van der Waals surface area contributed by atoms with E-state index in [4.69, 9.17) is 9.57 Å². The standard InChI is InChI=1S/C19H18N2O2/c1-3-9-19(23-15-10-5-4-6-11-15)17-13-8-7-12-16(17)18(14-20)21-22-2/h3-8,10-13,19H,1,9H2,2H3. The van der Waals surface area contributed by atoms with E-state index in [1.165, 1.54) is 7.11 Å². The molecule has 0 fully saturated rings. The van der Waals surface area contributed by atoms with Crippen molar-refractivity contribution in [1.29, 1.82) is 5.26 Å². The lowest BCUT2D eigenvalue weighted by molar-refractivity contribution is 0.207. The maximum atomic E-state index is 9.31. The minimum absolute atomic E-state index is 0.217. The Morgan fingerprint density at radius 2 is 1.91 bits per heavy atom. The van der Waals surface area contributed by atoms with Gasteiger partial charge in [-0.1, -0.05) is 53.7 Å². The van der Waals surface area contributed by atoms with E-state index < -0.39 is 0 Å². The molecule has 23 heavy (non-hydrogen) atoms. The Balaban J connectivity index is 2.42. The lowest BCUT2D eigenvalue weighted by Crippen LogP contribution is -2.12. The van der Waals surface area contributed by atoms with E-state index in [0.29, 0.717) is 12.0 Å². The summed E-state index contributed by atoms with van der Waals surface area (Å²) < 4.78 is 6.08. The quantitative estimate of drug-likeness (QED) is 0.436. The van der Waals surface area contributed by atoms with Gasteiger partial charge in [0, 0.05) is 17.5 Å². The second kappa shape index (κ2) is 8.40. The highest BCUT2D eigenvalue weighted by atomic mass is 16.6. The SMILES string of the molecule is C=CCC(Oc1ccccc1)c1ccccc1C(C#N)=NOC. The summed E-state index contributed by atoms with van der Waals surface area (Å²) in [5, 5.41) is 13.1. The van der Waals surface area contributed by atoms with E-state index in [9.17, 15) is 5.26 Å². The Labute approximate surface area is 136 Å². The lowest BCUT2D eigenvalue weighted by atomic mass is 9.97. The Bertz CT molecular complexity index is 718. The molecule has 4 heteroatoms. The molecule has 1 atom stereocenters. The summed E-state index contributed by atoms with van der Waals surface area (Å²) in [4.78, 5) is 4.77. The molecule has 0 heterocycles. The summed E-state index contributed by atoms with van der Waals surface area (Å²) in [6, 6.07) is 19.1. The highest BCUT2D eigenvalue weighted by molar-refractivity contribution is 6.12. The molecular weight excluding hydrogens is 288 g/mol. The highest BCUT2D eigenvalue weighted by Gasteiger charge is 2.19. The first-order chi connectivity index (χ1) is 11.3. The van der Waals surface area contributed by atoms with E-state index in [2.05, 4.69) is 17.8 Å².